The Bertz CT molecular complexity index is 526. The summed E-state index contributed by atoms with van der Waals surface area (Å²) in [6.07, 6.45) is 5.81. The normalized spacial score (nSPS) is 21.3. The molecule has 1 heterocycles. The number of hydrogen-bond donors (Lipinski definition) is 2. The molecule has 1 aliphatic heterocycles. The number of hydrogen-bond acceptors (Lipinski definition) is 2. The van der Waals surface area contributed by atoms with Crippen LogP contribution in [0.2, 0.25) is 5.02 Å². The maximum Gasteiger partial charge on any atom is 0.226 e. The Kier molecular flexibility index (Phi) is 3.13. The van der Waals surface area contributed by atoms with E-state index in [9.17, 15) is 9.18 Å². The van der Waals surface area contributed by atoms with Crippen LogP contribution in [0.1, 0.15) is 38.5 Å². The van der Waals surface area contributed by atoms with Gasteiger partial charge in [0, 0.05) is 18.0 Å². The van der Waals surface area contributed by atoms with Crippen LogP contribution in [0, 0.1) is 5.82 Å². The van der Waals surface area contributed by atoms with Gasteiger partial charge in [-0.1, -0.05) is 30.9 Å². The summed E-state index contributed by atoms with van der Waals surface area (Å²) in [4.78, 5) is 12.0. The van der Waals surface area contributed by atoms with Gasteiger partial charge in [-0.3, -0.25) is 4.79 Å². The van der Waals surface area contributed by atoms with Crippen LogP contribution < -0.4 is 10.6 Å². The molecule has 1 fully saturated rings. The third-order valence-corrected chi connectivity index (χ3v) is 4.33. The minimum absolute atomic E-state index is 0.0603. The third-order valence-electron chi connectivity index (χ3n) is 4.04. The van der Waals surface area contributed by atoms with Crippen molar-refractivity contribution >= 4 is 28.9 Å². The Labute approximate surface area is 116 Å². The van der Waals surface area contributed by atoms with Gasteiger partial charge in [-0.2, -0.15) is 0 Å². The third kappa shape index (κ3) is 2.41. The van der Waals surface area contributed by atoms with E-state index in [4.69, 9.17) is 11.6 Å². The molecule has 1 amide bonds. The molecule has 1 aromatic rings. The molecule has 0 aromatic heterocycles. The molecule has 1 saturated carbocycles. The molecule has 2 aliphatic rings. The summed E-state index contributed by atoms with van der Waals surface area (Å²) in [5, 5.41) is 6.28. The second-order valence-electron chi connectivity index (χ2n) is 5.50. The molecule has 0 saturated heterocycles. The largest absolute Gasteiger partial charge is 0.377 e. The van der Waals surface area contributed by atoms with Gasteiger partial charge in [0.2, 0.25) is 5.91 Å². The highest BCUT2D eigenvalue weighted by atomic mass is 35.5. The minimum atomic E-state index is -0.512. The molecule has 0 unspecified atom stereocenters. The number of anilines is 2. The fraction of sp³-hybridized carbons (Fsp3) is 0.500. The fourth-order valence-corrected chi connectivity index (χ4v) is 3.28. The summed E-state index contributed by atoms with van der Waals surface area (Å²) in [6, 6.07) is 2.85. The lowest BCUT2D eigenvalue weighted by atomic mass is 9.79. The van der Waals surface area contributed by atoms with Crippen LogP contribution in [0.15, 0.2) is 12.1 Å². The first kappa shape index (κ1) is 12.7. The van der Waals surface area contributed by atoms with Crippen molar-refractivity contribution in [3.05, 3.63) is 23.0 Å². The molecule has 2 N–H and O–H groups in total. The summed E-state index contributed by atoms with van der Waals surface area (Å²) < 4.78 is 13.5. The van der Waals surface area contributed by atoms with Crippen molar-refractivity contribution in [3.8, 4) is 0 Å². The zero-order chi connectivity index (χ0) is 13.5. The quantitative estimate of drug-likeness (QED) is 0.757. The molecule has 1 aromatic carbocycles. The van der Waals surface area contributed by atoms with E-state index in [0.29, 0.717) is 12.1 Å². The van der Waals surface area contributed by atoms with E-state index in [2.05, 4.69) is 10.6 Å². The van der Waals surface area contributed by atoms with E-state index in [1.807, 2.05) is 0 Å². The van der Waals surface area contributed by atoms with E-state index in [-0.39, 0.29) is 16.5 Å². The Morgan fingerprint density at radius 2 is 1.89 bits per heavy atom. The number of nitrogens with one attached hydrogen (secondary N) is 2. The minimum Gasteiger partial charge on any atom is -0.377 e. The molecule has 5 heteroatoms. The zero-order valence-corrected chi connectivity index (χ0v) is 11.3. The van der Waals surface area contributed by atoms with Crippen molar-refractivity contribution in [2.75, 3.05) is 10.6 Å². The van der Waals surface area contributed by atoms with Crippen LogP contribution in [-0.2, 0) is 4.79 Å². The molecule has 3 rings (SSSR count). The summed E-state index contributed by atoms with van der Waals surface area (Å²) >= 11 is 5.83. The first-order valence-electron chi connectivity index (χ1n) is 6.65. The van der Waals surface area contributed by atoms with E-state index < -0.39 is 5.82 Å². The number of carbonyl (C=O) groups is 1. The van der Waals surface area contributed by atoms with Gasteiger partial charge in [0.05, 0.1) is 16.4 Å². The molecule has 0 atom stereocenters. The van der Waals surface area contributed by atoms with Crippen LogP contribution in [0.25, 0.3) is 0 Å². The average molecular weight is 283 g/mol. The molecule has 0 radical (unpaired) electrons. The van der Waals surface area contributed by atoms with Crippen LogP contribution >= 0.6 is 11.6 Å². The van der Waals surface area contributed by atoms with Crippen molar-refractivity contribution < 1.29 is 9.18 Å². The van der Waals surface area contributed by atoms with Gasteiger partial charge < -0.3 is 10.6 Å². The number of fused-ring (bicyclic) bond motifs is 1. The standard InChI is InChI=1S/C14H16ClFN2O/c15-9-6-12-11(7-10(9)16)17-13(19)8-14(18-12)4-2-1-3-5-14/h6-7,18H,1-5,8H2,(H,17,19). The Morgan fingerprint density at radius 1 is 1.16 bits per heavy atom. The lowest BCUT2D eigenvalue weighted by Crippen LogP contribution is -2.41. The van der Waals surface area contributed by atoms with Gasteiger partial charge in [-0.25, -0.2) is 4.39 Å². The van der Waals surface area contributed by atoms with Gasteiger partial charge in [-0.15, -0.1) is 0 Å². The second kappa shape index (κ2) is 4.67. The molecule has 19 heavy (non-hydrogen) atoms. The van der Waals surface area contributed by atoms with Crippen molar-refractivity contribution in [3.63, 3.8) is 0 Å². The molecular weight excluding hydrogens is 267 g/mol. The van der Waals surface area contributed by atoms with Gasteiger partial charge in [0.15, 0.2) is 0 Å². The van der Waals surface area contributed by atoms with Crippen LogP contribution in [0.3, 0.4) is 0 Å². The smallest absolute Gasteiger partial charge is 0.226 e. The van der Waals surface area contributed by atoms with Crippen molar-refractivity contribution in [2.24, 2.45) is 0 Å². The molecule has 3 nitrogen and oxygen atoms in total. The van der Waals surface area contributed by atoms with E-state index in [1.165, 1.54) is 12.5 Å². The maximum absolute atomic E-state index is 13.5. The summed E-state index contributed by atoms with van der Waals surface area (Å²) in [5.41, 5.74) is 1.00. The lowest BCUT2D eigenvalue weighted by Gasteiger charge is -2.37. The van der Waals surface area contributed by atoms with Crippen molar-refractivity contribution in [2.45, 2.75) is 44.1 Å². The summed E-state index contributed by atoms with van der Waals surface area (Å²) in [5.74, 6) is -0.572. The van der Waals surface area contributed by atoms with Crippen LogP contribution in [-0.4, -0.2) is 11.4 Å². The zero-order valence-electron chi connectivity index (χ0n) is 10.6. The highest BCUT2D eigenvalue weighted by Gasteiger charge is 2.37. The fourth-order valence-electron chi connectivity index (χ4n) is 3.12. The first-order valence-corrected chi connectivity index (χ1v) is 7.03. The lowest BCUT2D eigenvalue weighted by molar-refractivity contribution is -0.117. The highest BCUT2D eigenvalue weighted by Crippen LogP contribution is 2.40. The van der Waals surface area contributed by atoms with E-state index in [0.717, 1.165) is 31.4 Å². The summed E-state index contributed by atoms with van der Waals surface area (Å²) in [7, 11) is 0. The SMILES string of the molecule is O=C1CC2(CCCCC2)Nc2cc(Cl)c(F)cc2N1. The second-order valence-corrected chi connectivity index (χ2v) is 5.91. The summed E-state index contributed by atoms with van der Waals surface area (Å²) in [6.45, 7) is 0. The van der Waals surface area contributed by atoms with Crippen LogP contribution in [0.4, 0.5) is 15.8 Å². The molecule has 1 aliphatic carbocycles. The monoisotopic (exact) mass is 282 g/mol. The Hall–Kier alpha value is -1.29. The molecule has 1 spiro atoms. The van der Waals surface area contributed by atoms with Crippen LogP contribution in [0.5, 0.6) is 0 Å². The Balaban J connectivity index is 2.01. The Morgan fingerprint density at radius 3 is 2.63 bits per heavy atom. The average Bonchev–Trinajstić information content (AvgIpc) is 2.47. The number of benzene rings is 1. The van der Waals surface area contributed by atoms with Gasteiger partial charge in [0.25, 0.3) is 0 Å². The van der Waals surface area contributed by atoms with Gasteiger partial charge in [0.1, 0.15) is 5.82 Å². The molecule has 102 valence electrons. The first-order chi connectivity index (χ1) is 9.08. The maximum atomic E-state index is 13.5. The van der Waals surface area contributed by atoms with Gasteiger partial charge in [-0.05, 0) is 18.9 Å². The number of rotatable bonds is 0. The number of carbonyl (C=O) groups excluding carboxylic acids is 1. The highest BCUT2D eigenvalue weighted by molar-refractivity contribution is 6.31. The predicted octanol–water partition coefficient (Wildman–Crippen LogP) is 3.94. The molecule has 0 bridgehead atoms. The van der Waals surface area contributed by atoms with E-state index in [1.54, 1.807) is 6.07 Å². The van der Waals surface area contributed by atoms with Crippen molar-refractivity contribution in [1.82, 2.24) is 0 Å². The van der Waals surface area contributed by atoms with Gasteiger partial charge >= 0.3 is 0 Å². The molecular formula is C14H16ClFN2O. The topological polar surface area (TPSA) is 41.1 Å². The van der Waals surface area contributed by atoms with E-state index >= 15 is 0 Å². The predicted molar refractivity (Wildman–Crippen MR) is 74.1 cm³/mol. The van der Waals surface area contributed by atoms with Crippen molar-refractivity contribution in [1.29, 1.82) is 0 Å². The number of halogens is 2. The number of amides is 1.